The Morgan fingerprint density at radius 3 is 2.52 bits per heavy atom. The van der Waals surface area contributed by atoms with Gasteiger partial charge in [0.05, 0.1) is 6.04 Å². The number of rotatable bonds is 4. The molecule has 2 aromatic carbocycles. The van der Waals surface area contributed by atoms with E-state index < -0.39 is 6.04 Å². The third-order valence-corrected chi connectivity index (χ3v) is 5.06. The Labute approximate surface area is 164 Å². The zero-order chi connectivity index (χ0) is 18.8. The summed E-state index contributed by atoms with van der Waals surface area (Å²) in [6.07, 6.45) is 3.34. The fourth-order valence-electron chi connectivity index (χ4n) is 3.05. The van der Waals surface area contributed by atoms with Crippen molar-refractivity contribution in [2.45, 2.75) is 6.04 Å². The van der Waals surface area contributed by atoms with Gasteiger partial charge in [-0.3, -0.25) is 4.98 Å². The summed E-state index contributed by atoms with van der Waals surface area (Å²) in [5.41, 5.74) is 1.93. The van der Waals surface area contributed by atoms with Gasteiger partial charge in [-0.15, -0.1) is 0 Å². The van der Waals surface area contributed by atoms with Crippen LogP contribution in [0.5, 0.6) is 11.5 Å². The molecule has 1 atom stereocenters. The average Bonchev–Trinajstić information content (AvgIpc) is 2.70. The Morgan fingerprint density at radius 2 is 1.70 bits per heavy atom. The number of phenolic OH excluding ortho intramolecular Hbond substituents is 2. The van der Waals surface area contributed by atoms with Crippen molar-refractivity contribution >= 4 is 32.7 Å². The molecule has 27 heavy (non-hydrogen) atoms. The Morgan fingerprint density at radius 1 is 0.852 bits per heavy atom. The highest BCUT2D eigenvalue weighted by molar-refractivity contribution is 9.10. The van der Waals surface area contributed by atoms with Gasteiger partial charge in [-0.25, -0.2) is 4.98 Å². The number of hydrogen-bond acceptors (Lipinski definition) is 5. The minimum atomic E-state index is -0.451. The molecule has 0 saturated carbocycles. The molecule has 0 aliphatic heterocycles. The van der Waals surface area contributed by atoms with Crippen LogP contribution in [0.3, 0.4) is 0 Å². The lowest BCUT2D eigenvalue weighted by atomic mass is 9.96. The SMILES string of the molecule is Oc1ccc(Br)c(C(Nc2ccccn2)c2ccc3cccnc3c2O)c1. The highest BCUT2D eigenvalue weighted by atomic mass is 79.9. The highest BCUT2D eigenvalue weighted by Gasteiger charge is 2.22. The van der Waals surface area contributed by atoms with Gasteiger partial charge in [-0.2, -0.15) is 0 Å². The van der Waals surface area contributed by atoms with Crippen molar-refractivity contribution in [2.75, 3.05) is 5.32 Å². The van der Waals surface area contributed by atoms with Crippen molar-refractivity contribution in [3.63, 3.8) is 0 Å². The van der Waals surface area contributed by atoms with Crippen molar-refractivity contribution in [3.05, 3.63) is 88.7 Å². The lowest BCUT2D eigenvalue weighted by molar-refractivity contribution is 0.468. The molecule has 3 N–H and O–H groups in total. The highest BCUT2D eigenvalue weighted by Crippen LogP contribution is 2.39. The minimum Gasteiger partial charge on any atom is -0.508 e. The second kappa shape index (κ2) is 7.25. The normalized spacial score (nSPS) is 12.0. The third-order valence-electron chi connectivity index (χ3n) is 4.34. The van der Waals surface area contributed by atoms with Gasteiger partial charge >= 0.3 is 0 Å². The molecule has 1 unspecified atom stereocenters. The van der Waals surface area contributed by atoms with Crippen LogP contribution in [0.25, 0.3) is 10.9 Å². The monoisotopic (exact) mass is 421 g/mol. The second-order valence-electron chi connectivity index (χ2n) is 6.08. The maximum Gasteiger partial charge on any atom is 0.147 e. The van der Waals surface area contributed by atoms with E-state index in [1.54, 1.807) is 30.6 Å². The molecule has 134 valence electrons. The zero-order valence-corrected chi connectivity index (χ0v) is 15.8. The summed E-state index contributed by atoms with van der Waals surface area (Å²) in [6, 6.07) is 17.7. The first-order valence-electron chi connectivity index (χ1n) is 8.36. The summed E-state index contributed by atoms with van der Waals surface area (Å²) in [4.78, 5) is 8.64. The average molecular weight is 422 g/mol. The van der Waals surface area contributed by atoms with E-state index in [1.807, 2.05) is 42.5 Å². The van der Waals surface area contributed by atoms with E-state index in [1.165, 1.54) is 0 Å². The Hall–Kier alpha value is -3.12. The Bertz CT molecular complexity index is 1100. The molecule has 0 aliphatic carbocycles. The van der Waals surface area contributed by atoms with Gasteiger partial charge in [0.1, 0.15) is 22.8 Å². The van der Waals surface area contributed by atoms with Gasteiger partial charge in [-0.1, -0.05) is 40.2 Å². The van der Waals surface area contributed by atoms with Crippen LogP contribution >= 0.6 is 15.9 Å². The zero-order valence-electron chi connectivity index (χ0n) is 14.2. The van der Waals surface area contributed by atoms with Gasteiger partial charge in [0.15, 0.2) is 0 Å². The van der Waals surface area contributed by atoms with Crippen LogP contribution in [-0.4, -0.2) is 20.2 Å². The van der Waals surface area contributed by atoms with Crippen LogP contribution in [0, 0.1) is 0 Å². The molecule has 4 rings (SSSR count). The number of aromatic nitrogens is 2. The molecule has 5 nitrogen and oxygen atoms in total. The van der Waals surface area contributed by atoms with Crippen molar-refractivity contribution in [1.82, 2.24) is 9.97 Å². The molecule has 0 amide bonds. The summed E-state index contributed by atoms with van der Waals surface area (Å²) in [5, 5.41) is 25.1. The summed E-state index contributed by atoms with van der Waals surface area (Å²) < 4.78 is 0.800. The summed E-state index contributed by atoms with van der Waals surface area (Å²) in [5.74, 6) is 0.884. The number of phenols is 2. The summed E-state index contributed by atoms with van der Waals surface area (Å²) >= 11 is 3.55. The number of pyridine rings is 2. The number of halogens is 1. The number of hydrogen-bond donors (Lipinski definition) is 3. The number of aromatic hydroxyl groups is 2. The number of benzene rings is 2. The third kappa shape index (κ3) is 3.44. The maximum absolute atomic E-state index is 10.9. The standard InChI is InChI=1S/C21H16BrN3O2/c22-17-9-7-14(26)12-16(17)20(25-18-5-1-2-10-23-18)15-8-6-13-4-3-11-24-19(13)21(15)27/h1-12,20,26-27H,(H,23,25). The van der Waals surface area contributed by atoms with Crippen LogP contribution < -0.4 is 5.32 Å². The van der Waals surface area contributed by atoms with E-state index in [2.05, 4.69) is 31.2 Å². The van der Waals surface area contributed by atoms with E-state index in [0.717, 1.165) is 15.4 Å². The summed E-state index contributed by atoms with van der Waals surface area (Å²) in [6.45, 7) is 0. The molecule has 0 spiro atoms. The molecule has 0 bridgehead atoms. The molecule has 2 aromatic heterocycles. The Kier molecular flexibility index (Phi) is 4.64. The first kappa shape index (κ1) is 17.3. The fourth-order valence-corrected chi connectivity index (χ4v) is 3.53. The number of nitrogens with one attached hydrogen (secondary N) is 1. The second-order valence-corrected chi connectivity index (χ2v) is 6.93. The molecular formula is C21H16BrN3O2. The Balaban J connectivity index is 1.90. The summed E-state index contributed by atoms with van der Waals surface area (Å²) in [7, 11) is 0. The lowest BCUT2D eigenvalue weighted by Gasteiger charge is -2.23. The van der Waals surface area contributed by atoms with E-state index in [-0.39, 0.29) is 11.5 Å². The molecule has 0 saturated heterocycles. The van der Waals surface area contributed by atoms with Crippen molar-refractivity contribution in [1.29, 1.82) is 0 Å². The molecule has 2 heterocycles. The van der Waals surface area contributed by atoms with Crippen molar-refractivity contribution in [2.24, 2.45) is 0 Å². The minimum absolute atomic E-state index is 0.0942. The van der Waals surface area contributed by atoms with E-state index in [4.69, 9.17) is 0 Å². The van der Waals surface area contributed by atoms with Crippen molar-refractivity contribution in [3.8, 4) is 11.5 Å². The first-order chi connectivity index (χ1) is 13.1. The van der Waals surface area contributed by atoms with Gasteiger partial charge in [0.2, 0.25) is 0 Å². The van der Waals surface area contributed by atoms with Crippen LogP contribution in [-0.2, 0) is 0 Å². The van der Waals surface area contributed by atoms with Gasteiger partial charge < -0.3 is 15.5 Å². The van der Waals surface area contributed by atoms with E-state index >= 15 is 0 Å². The first-order valence-corrected chi connectivity index (χ1v) is 9.15. The molecule has 4 aromatic rings. The lowest BCUT2D eigenvalue weighted by Crippen LogP contribution is -2.14. The smallest absolute Gasteiger partial charge is 0.147 e. The number of nitrogens with zero attached hydrogens (tertiary/aromatic N) is 2. The largest absolute Gasteiger partial charge is 0.508 e. The molecule has 6 heteroatoms. The predicted molar refractivity (Wildman–Crippen MR) is 109 cm³/mol. The maximum atomic E-state index is 10.9. The molecule has 0 fully saturated rings. The van der Waals surface area contributed by atoms with Crippen LogP contribution in [0.2, 0.25) is 0 Å². The van der Waals surface area contributed by atoms with Crippen LogP contribution in [0.15, 0.2) is 77.5 Å². The van der Waals surface area contributed by atoms with Gasteiger partial charge in [-0.05, 0) is 42.0 Å². The van der Waals surface area contributed by atoms with E-state index in [9.17, 15) is 10.2 Å². The van der Waals surface area contributed by atoms with Crippen LogP contribution in [0.1, 0.15) is 17.2 Å². The fraction of sp³-hybridized carbons (Fsp3) is 0.0476. The van der Waals surface area contributed by atoms with Crippen LogP contribution in [0.4, 0.5) is 5.82 Å². The van der Waals surface area contributed by atoms with Gasteiger partial charge in [0.25, 0.3) is 0 Å². The van der Waals surface area contributed by atoms with Crippen molar-refractivity contribution < 1.29 is 10.2 Å². The molecule has 0 aliphatic rings. The number of anilines is 1. The quantitative estimate of drug-likeness (QED) is 0.431. The molecule has 0 radical (unpaired) electrons. The predicted octanol–water partition coefficient (Wildman–Crippen LogP) is 5.01. The topological polar surface area (TPSA) is 78.3 Å². The molecular weight excluding hydrogens is 406 g/mol. The van der Waals surface area contributed by atoms with Gasteiger partial charge in [0, 0.05) is 27.8 Å². The van der Waals surface area contributed by atoms with E-state index in [0.29, 0.717) is 16.9 Å². The number of fused-ring (bicyclic) bond motifs is 1.